The highest BCUT2D eigenvalue weighted by Gasteiger charge is 2.11. The van der Waals surface area contributed by atoms with Crippen molar-refractivity contribution in [3.8, 4) is 23.0 Å². The minimum absolute atomic E-state index is 0.155. The average Bonchev–Trinajstić information content (AvgIpc) is 3.16. The number of benzene rings is 3. The van der Waals surface area contributed by atoms with Gasteiger partial charge in [-0.15, -0.1) is 0 Å². The fourth-order valence-electron chi connectivity index (χ4n) is 2.76. The van der Waals surface area contributed by atoms with Crippen LogP contribution in [-0.4, -0.2) is 24.6 Å². The Hall–Kier alpha value is -3.51. The van der Waals surface area contributed by atoms with E-state index in [9.17, 15) is 4.79 Å². The molecule has 0 bridgehead atoms. The van der Waals surface area contributed by atoms with Gasteiger partial charge in [0.15, 0.2) is 12.2 Å². The summed E-state index contributed by atoms with van der Waals surface area (Å²) in [6.07, 6.45) is 0. The van der Waals surface area contributed by atoms with Crippen molar-refractivity contribution < 1.29 is 18.7 Å². The molecule has 1 N–H and O–H groups in total. The highest BCUT2D eigenvalue weighted by molar-refractivity contribution is 6.32. The van der Waals surface area contributed by atoms with Crippen LogP contribution in [-0.2, 0) is 4.79 Å². The summed E-state index contributed by atoms with van der Waals surface area (Å²) in [6, 6.07) is 19.7. The maximum Gasteiger partial charge on any atom is 0.262 e. The highest BCUT2D eigenvalue weighted by atomic mass is 35.5. The first-order chi connectivity index (χ1) is 14.1. The Morgan fingerprint density at radius 1 is 1.10 bits per heavy atom. The molecule has 0 radical (unpaired) electrons. The van der Waals surface area contributed by atoms with E-state index in [1.165, 1.54) is 0 Å². The molecule has 0 fully saturated rings. The Morgan fingerprint density at radius 2 is 1.90 bits per heavy atom. The summed E-state index contributed by atoms with van der Waals surface area (Å²) in [4.78, 5) is 16.7. The fourth-order valence-corrected chi connectivity index (χ4v) is 2.95. The van der Waals surface area contributed by atoms with Crippen LogP contribution in [0.3, 0.4) is 0 Å². The van der Waals surface area contributed by atoms with Crippen LogP contribution in [0.4, 0.5) is 5.69 Å². The largest absolute Gasteiger partial charge is 0.497 e. The van der Waals surface area contributed by atoms with E-state index in [1.807, 2.05) is 24.3 Å². The molecule has 29 heavy (non-hydrogen) atoms. The first-order valence-corrected chi connectivity index (χ1v) is 9.22. The number of methoxy groups -OCH3 is 1. The second kappa shape index (κ2) is 8.24. The minimum Gasteiger partial charge on any atom is -0.497 e. The van der Waals surface area contributed by atoms with Crippen molar-refractivity contribution in [2.75, 3.05) is 19.0 Å². The molecule has 1 aromatic heterocycles. The van der Waals surface area contributed by atoms with Crippen LogP contribution in [0.5, 0.6) is 11.5 Å². The van der Waals surface area contributed by atoms with Crippen molar-refractivity contribution in [3.05, 3.63) is 71.8 Å². The van der Waals surface area contributed by atoms with Gasteiger partial charge in [0.05, 0.1) is 12.1 Å². The number of anilines is 1. The van der Waals surface area contributed by atoms with Crippen LogP contribution < -0.4 is 14.8 Å². The number of halogens is 1. The molecule has 4 aromatic rings. The van der Waals surface area contributed by atoms with Crippen molar-refractivity contribution in [2.24, 2.45) is 0 Å². The molecular weight excluding hydrogens is 392 g/mol. The van der Waals surface area contributed by atoms with Gasteiger partial charge in [-0.05, 0) is 54.6 Å². The molecule has 4 rings (SSSR count). The summed E-state index contributed by atoms with van der Waals surface area (Å²) < 4.78 is 16.4. The lowest BCUT2D eigenvalue weighted by molar-refractivity contribution is -0.118. The summed E-state index contributed by atoms with van der Waals surface area (Å²) in [5.74, 6) is 1.41. The quantitative estimate of drug-likeness (QED) is 0.476. The lowest BCUT2D eigenvalue weighted by Gasteiger charge is -2.08. The molecule has 1 heterocycles. The number of carbonyl (C=O) groups excluding carboxylic acids is 1. The van der Waals surface area contributed by atoms with E-state index in [0.717, 1.165) is 11.3 Å². The van der Waals surface area contributed by atoms with Crippen LogP contribution in [0.25, 0.3) is 22.6 Å². The summed E-state index contributed by atoms with van der Waals surface area (Å²) in [5, 5.41) is 3.24. The number of oxazole rings is 1. The minimum atomic E-state index is -0.303. The predicted octanol–water partition coefficient (Wildman–Crippen LogP) is 5.17. The third kappa shape index (κ3) is 4.33. The van der Waals surface area contributed by atoms with Crippen LogP contribution in [0.2, 0.25) is 5.02 Å². The van der Waals surface area contributed by atoms with Crippen LogP contribution in [0, 0.1) is 0 Å². The SMILES string of the molecule is COc1ccc(-c2nc3cc(NC(=O)COc4ccccc4Cl)ccc3o2)cc1. The molecule has 3 aromatic carbocycles. The van der Waals surface area contributed by atoms with Crippen molar-refractivity contribution in [1.82, 2.24) is 4.98 Å². The van der Waals surface area contributed by atoms with Gasteiger partial charge in [0.2, 0.25) is 5.89 Å². The topological polar surface area (TPSA) is 73.6 Å². The number of para-hydroxylation sites is 1. The van der Waals surface area contributed by atoms with Gasteiger partial charge in [-0.25, -0.2) is 4.98 Å². The summed E-state index contributed by atoms with van der Waals surface area (Å²) in [7, 11) is 1.61. The molecule has 1 amide bonds. The Balaban J connectivity index is 1.45. The molecule has 0 aliphatic carbocycles. The zero-order valence-electron chi connectivity index (χ0n) is 15.5. The Labute approximate surface area is 172 Å². The maximum absolute atomic E-state index is 12.2. The van der Waals surface area contributed by atoms with E-state index in [0.29, 0.717) is 33.4 Å². The van der Waals surface area contributed by atoms with Crippen molar-refractivity contribution in [1.29, 1.82) is 0 Å². The zero-order chi connectivity index (χ0) is 20.2. The number of nitrogens with one attached hydrogen (secondary N) is 1. The molecular formula is C22H17ClN2O4. The van der Waals surface area contributed by atoms with Crippen LogP contribution >= 0.6 is 11.6 Å². The average molecular weight is 409 g/mol. The normalized spacial score (nSPS) is 10.7. The lowest BCUT2D eigenvalue weighted by Crippen LogP contribution is -2.20. The van der Waals surface area contributed by atoms with Gasteiger partial charge in [-0.3, -0.25) is 4.79 Å². The number of rotatable bonds is 6. The maximum atomic E-state index is 12.2. The van der Waals surface area contributed by atoms with Gasteiger partial charge >= 0.3 is 0 Å². The summed E-state index contributed by atoms with van der Waals surface area (Å²) in [5.41, 5.74) is 2.70. The third-order valence-electron chi connectivity index (χ3n) is 4.20. The third-order valence-corrected chi connectivity index (χ3v) is 4.52. The summed E-state index contributed by atoms with van der Waals surface area (Å²) in [6.45, 7) is -0.155. The standard InChI is InChI=1S/C22H17ClN2O4/c1-27-16-9-6-14(7-10-16)22-25-18-12-15(8-11-20(18)29-22)24-21(26)13-28-19-5-3-2-4-17(19)23/h2-12H,13H2,1H3,(H,24,26). The molecule has 0 saturated heterocycles. The molecule has 0 aliphatic heterocycles. The predicted molar refractivity (Wildman–Crippen MR) is 112 cm³/mol. The second-order valence-corrected chi connectivity index (χ2v) is 6.60. The molecule has 0 saturated carbocycles. The number of hydrogen-bond donors (Lipinski definition) is 1. The highest BCUT2D eigenvalue weighted by Crippen LogP contribution is 2.27. The molecule has 0 aliphatic rings. The monoisotopic (exact) mass is 408 g/mol. The first-order valence-electron chi connectivity index (χ1n) is 8.84. The van der Waals surface area contributed by atoms with E-state index in [4.69, 9.17) is 25.5 Å². The van der Waals surface area contributed by atoms with Gasteiger partial charge in [0.25, 0.3) is 5.91 Å². The Morgan fingerprint density at radius 3 is 2.66 bits per heavy atom. The van der Waals surface area contributed by atoms with Crippen LogP contribution in [0.15, 0.2) is 71.1 Å². The number of carbonyl (C=O) groups is 1. The second-order valence-electron chi connectivity index (χ2n) is 6.20. The van der Waals surface area contributed by atoms with E-state index < -0.39 is 0 Å². The van der Waals surface area contributed by atoms with Gasteiger partial charge in [-0.1, -0.05) is 23.7 Å². The molecule has 0 unspecified atom stereocenters. The number of aromatic nitrogens is 1. The van der Waals surface area contributed by atoms with Crippen molar-refractivity contribution in [3.63, 3.8) is 0 Å². The Bertz CT molecular complexity index is 1160. The first kappa shape index (κ1) is 18.8. The van der Waals surface area contributed by atoms with Gasteiger partial charge in [-0.2, -0.15) is 0 Å². The van der Waals surface area contributed by atoms with Crippen LogP contribution in [0.1, 0.15) is 0 Å². The Kier molecular flexibility index (Phi) is 5.35. The smallest absolute Gasteiger partial charge is 0.262 e. The number of ether oxygens (including phenoxy) is 2. The number of nitrogens with zero attached hydrogens (tertiary/aromatic N) is 1. The zero-order valence-corrected chi connectivity index (χ0v) is 16.3. The van der Waals surface area contributed by atoms with E-state index in [1.54, 1.807) is 49.6 Å². The number of amides is 1. The summed E-state index contributed by atoms with van der Waals surface area (Å²) >= 11 is 6.02. The molecule has 7 heteroatoms. The van der Waals surface area contributed by atoms with E-state index in [-0.39, 0.29) is 12.5 Å². The van der Waals surface area contributed by atoms with Gasteiger partial charge in [0, 0.05) is 11.3 Å². The van der Waals surface area contributed by atoms with E-state index >= 15 is 0 Å². The van der Waals surface area contributed by atoms with Crippen molar-refractivity contribution in [2.45, 2.75) is 0 Å². The molecule has 146 valence electrons. The molecule has 0 spiro atoms. The fraction of sp³-hybridized carbons (Fsp3) is 0.0909. The number of hydrogen-bond acceptors (Lipinski definition) is 5. The van der Waals surface area contributed by atoms with Crippen molar-refractivity contribution >= 4 is 34.3 Å². The lowest BCUT2D eigenvalue weighted by atomic mass is 10.2. The molecule has 6 nitrogen and oxygen atoms in total. The van der Waals surface area contributed by atoms with E-state index in [2.05, 4.69) is 10.3 Å². The van der Waals surface area contributed by atoms with Gasteiger partial charge < -0.3 is 19.2 Å². The van der Waals surface area contributed by atoms with Gasteiger partial charge in [0.1, 0.15) is 17.0 Å². The molecule has 0 atom stereocenters. The number of fused-ring (bicyclic) bond motifs is 1.